The molecule has 5 rings (SSSR count). The van der Waals surface area contributed by atoms with Crippen LogP contribution in [0.1, 0.15) is 39.7 Å². The Balaban J connectivity index is 1.47. The second-order valence-corrected chi connectivity index (χ2v) is 10.4. The number of rotatable bonds is 6. The van der Waals surface area contributed by atoms with Gasteiger partial charge in [0, 0.05) is 16.1 Å². The molecule has 4 aromatic rings. The highest BCUT2D eigenvalue weighted by molar-refractivity contribution is 7.99. The largest absolute Gasteiger partial charge is 0.325 e. The molecule has 1 amide bonds. The summed E-state index contributed by atoms with van der Waals surface area (Å²) in [5.41, 5.74) is 4.00. The molecule has 1 N–H and O–H groups in total. The molecular formula is C26H23N3O3S2. The van der Waals surface area contributed by atoms with Gasteiger partial charge < -0.3 is 5.32 Å². The van der Waals surface area contributed by atoms with Gasteiger partial charge in [0.2, 0.25) is 5.91 Å². The predicted molar refractivity (Wildman–Crippen MR) is 138 cm³/mol. The highest BCUT2D eigenvalue weighted by Gasteiger charge is 2.24. The lowest BCUT2D eigenvalue weighted by Crippen LogP contribution is -2.23. The summed E-state index contributed by atoms with van der Waals surface area (Å²) in [7, 11) is 0. The number of fused-ring (bicyclic) bond motifs is 3. The molecule has 2 heterocycles. The summed E-state index contributed by atoms with van der Waals surface area (Å²) in [6, 6.07) is 14.6. The Kier molecular flexibility index (Phi) is 6.10. The first kappa shape index (κ1) is 22.6. The zero-order valence-corrected chi connectivity index (χ0v) is 20.5. The van der Waals surface area contributed by atoms with Gasteiger partial charge in [-0.15, -0.1) is 11.3 Å². The normalized spacial score (nSPS) is 12.6. The highest BCUT2D eigenvalue weighted by Crippen LogP contribution is 2.36. The smallest absolute Gasteiger partial charge is 0.267 e. The first-order chi connectivity index (χ1) is 16.4. The van der Waals surface area contributed by atoms with Crippen molar-refractivity contribution < 1.29 is 9.59 Å². The van der Waals surface area contributed by atoms with Crippen molar-refractivity contribution in [2.75, 3.05) is 11.1 Å². The van der Waals surface area contributed by atoms with Gasteiger partial charge in [-0.2, -0.15) is 0 Å². The third kappa shape index (κ3) is 4.31. The number of hydrogen-bond acceptors (Lipinski definition) is 6. The lowest BCUT2D eigenvalue weighted by atomic mass is 10.1. The number of carbonyl (C=O) groups excluding carboxylic acids is 2. The van der Waals surface area contributed by atoms with Crippen molar-refractivity contribution in [3.8, 4) is 5.69 Å². The number of thioether (sulfide) groups is 1. The summed E-state index contributed by atoms with van der Waals surface area (Å²) in [5.74, 6) is -0.212. The maximum atomic E-state index is 13.7. The van der Waals surface area contributed by atoms with Crippen LogP contribution in [-0.4, -0.2) is 27.0 Å². The van der Waals surface area contributed by atoms with E-state index in [1.807, 2.05) is 31.2 Å². The van der Waals surface area contributed by atoms with Crippen LogP contribution in [0.5, 0.6) is 0 Å². The van der Waals surface area contributed by atoms with Crippen molar-refractivity contribution in [1.29, 1.82) is 0 Å². The molecule has 0 atom stereocenters. The molecule has 0 aliphatic heterocycles. The summed E-state index contributed by atoms with van der Waals surface area (Å²) >= 11 is 2.83. The number of Topliss-reactive ketones (excluding diaryl/α,β-unsaturated/α-hetero) is 1. The first-order valence-corrected chi connectivity index (χ1v) is 12.9. The number of thiophene rings is 1. The standard InChI is InChI=1S/C26H23N3O3S2/c1-15-9-11-19(12-10-15)29-25(32)23-20-7-4-8-21(20)34-24(23)28-26(29)33-14-22(31)27-18-6-3-5-17(13-18)16(2)30/h3,5-6,9-13H,4,7-8,14H2,1-2H3,(H,27,31). The molecule has 8 heteroatoms. The van der Waals surface area contributed by atoms with Crippen molar-refractivity contribution >= 4 is 50.7 Å². The fourth-order valence-electron chi connectivity index (χ4n) is 4.19. The van der Waals surface area contributed by atoms with Crippen molar-refractivity contribution in [3.05, 3.63) is 80.5 Å². The first-order valence-electron chi connectivity index (χ1n) is 11.1. The fraction of sp³-hybridized carbons (Fsp3) is 0.231. The molecule has 0 radical (unpaired) electrons. The Labute approximate surface area is 205 Å². The van der Waals surface area contributed by atoms with Gasteiger partial charge in [0.1, 0.15) is 4.83 Å². The third-order valence-corrected chi connectivity index (χ3v) is 8.01. The SMILES string of the molecule is CC(=O)c1cccc(NC(=O)CSc2nc3sc4c(c3c(=O)n2-c2ccc(C)cc2)CCC4)c1. The molecule has 0 saturated heterocycles. The molecule has 0 spiro atoms. The van der Waals surface area contributed by atoms with Crippen LogP contribution in [0, 0.1) is 6.92 Å². The molecule has 0 fully saturated rings. The maximum Gasteiger partial charge on any atom is 0.267 e. The second-order valence-electron chi connectivity index (χ2n) is 8.38. The number of nitrogens with one attached hydrogen (secondary N) is 1. The zero-order chi connectivity index (χ0) is 23.8. The van der Waals surface area contributed by atoms with Crippen molar-refractivity contribution in [3.63, 3.8) is 0 Å². The Bertz CT molecular complexity index is 1490. The number of benzene rings is 2. The van der Waals surface area contributed by atoms with Gasteiger partial charge in [-0.1, -0.05) is 41.6 Å². The number of amides is 1. The topological polar surface area (TPSA) is 81.1 Å². The molecule has 0 bridgehead atoms. The molecule has 2 aromatic carbocycles. The van der Waals surface area contributed by atoms with Gasteiger partial charge in [-0.3, -0.25) is 19.0 Å². The van der Waals surface area contributed by atoms with E-state index in [2.05, 4.69) is 5.32 Å². The predicted octanol–water partition coefficient (Wildman–Crippen LogP) is 5.18. The third-order valence-electron chi connectivity index (χ3n) is 5.89. The Morgan fingerprint density at radius 1 is 1.15 bits per heavy atom. The van der Waals surface area contributed by atoms with Gasteiger partial charge in [-0.25, -0.2) is 4.98 Å². The number of carbonyl (C=O) groups is 2. The summed E-state index contributed by atoms with van der Waals surface area (Å²) in [6.45, 7) is 3.49. The van der Waals surface area contributed by atoms with Gasteiger partial charge in [0.15, 0.2) is 10.9 Å². The molecule has 1 aliphatic rings. The number of anilines is 1. The van der Waals surface area contributed by atoms with Crippen molar-refractivity contribution in [2.45, 2.75) is 38.3 Å². The number of hydrogen-bond donors (Lipinski definition) is 1. The summed E-state index contributed by atoms with van der Waals surface area (Å²) < 4.78 is 1.63. The lowest BCUT2D eigenvalue weighted by Gasteiger charge is -2.13. The number of aryl methyl sites for hydroxylation is 3. The van der Waals surface area contributed by atoms with E-state index in [1.165, 1.54) is 23.6 Å². The maximum absolute atomic E-state index is 13.7. The van der Waals surface area contributed by atoms with Crippen LogP contribution in [0.25, 0.3) is 15.9 Å². The summed E-state index contributed by atoms with van der Waals surface area (Å²) in [5, 5.41) is 4.04. The van der Waals surface area contributed by atoms with E-state index < -0.39 is 0 Å². The lowest BCUT2D eigenvalue weighted by molar-refractivity contribution is -0.113. The van der Waals surface area contributed by atoms with Crippen LogP contribution in [-0.2, 0) is 17.6 Å². The van der Waals surface area contributed by atoms with E-state index >= 15 is 0 Å². The molecule has 172 valence electrons. The quantitative estimate of drug-likeness (QED) is 0.229. The van der Waals surface area contributed by atoms with Gasteiger partial charge in [0.05, 0.1) is 16.8 Å². The van der Waals surface area contributed by atoms with Gasteiger partial charge >= 0.3 is 0 Å². The van der Waals surface area contributed by atoms with E-state index in [1.54, 1.807) is 40.2 Å². The average molecular weight is 490 g/mol. The van der Waals surface area contributed by atoms with Crippen LogP contribution in [0.4, 0.5) is 5.69 Å². The van der Waals surface area contributed by atoms with Crippen LogP contribution < -0.4 is 10.9 Å². The molecule has 1 aliphatic carbocycles. The van der Waals surface area contributed by atoms with E-state index in [0.717, 1.165) is 40.9 Å². The summed E-state index contributed by atoms with van der Waals surface area (Å²) in [6.07, 6.45) is 2.97. The van der Waals surface area contributed by atoms with E-state index in [-0.39, 0.29) is 23.0 Å². The van der Waals surface area contributed by atoms with E-state index in [4.69, 9.17) is 4.98 Å². The molecular weight excluding hydrogens is 466 g/mol. The monoisotopic (exact) mass is 489 g/mol. The van der Waals surface area contributed by atoms with E-state index in [9.17, 15) is 14.4 Å². The van der Waals surface area contributed by atoms with Crippen LogP contribution in [0.15, 0.2) is 58.5 Å². The van der Waals surface area contributed by atoms with Crippen LogP contribution >= 0.6 is 23.1 Å². The van der Waals surface area contributed by atoms with Gasteiger partial charge in [0.25, 0.3) is 5.56 Å². The second kappa shape index (κ2) is 9.19. The van der Waals surface area contributed by atoms with Crippen LogP contribution in [0.2, 0.25) is 0 Å². The minimum atomic E-state index is -0.232. The van der Waals surface area contributed by atoms with Crippen molar-refractivity contribution in [2.24, 2.45) is 0 Å². The Morgan fingerprint density at radius 3 is 2.71 bits per heavy atom. The highest BCUT2D eigenvalue weighted by atomic mass is 32.2. The number of aromatic nitrogens is 2. The molecule has 6 nitrogen and oxygen atoms in total. The molecule has 0 unspecified atom stereocenters. The number of ketones is 1. The zero-order valence-electron chi connectivity index (χ0n) is 18.9. The number of nitrogens with zero attached hydrogens (tertiary/aromatic N) is 2. The minimum Gasteiger partial charge on any atom is -0.325 e. The average Bonchev–Trinajstić information content (AvgIpc) is 3.40. The molecule has 34 heavy (non-hydrogen) atoms. The summed E-state index contributed by atoms with van der Waals surface area (Å²) in [4.78, 5) is 44.8. The van der Waals surface area contributed by atoms with Crippen LogP contribution in [0.3, 0.4) is 0 Å². The Hall–Kier alpha value is -3.23. The Morgan fingerprint density at radius 2 is 1.94 bits per heavy atom. The fourth-order valence-corrected chi connectivity index (χ4v) is 6.30. The molecule has 2 aromatic heterocycles. The van der Waals surface area contributed by atoms with E-state index in [0.29, 0.717) is 21.8 Å². The molecule has 0 saturated carbocycles. The van der Waals surface area contributed by atoms with Crippen molar-refractivity contribution in [1.82, 2.24) is 9.55 Å². The minimum absolute atomic E-state index is 0.0621. The van der Waals surface area contributed by atoms with Gasteiger partial charge in [-0.05, 0) is 62.9 Å².